The molecule has 5 nitrogen and oxygen atoms in total. The van der Waals surface area contributed by atoms with E-state index < -0.39 is 23.6 Å². The van der Waals surface area contributed by atoms with Gasteiger partial charge in [0, 0.05) is 31.3 Å². The second-order valence-electron chi connectivity index (χ2n) is 8.02. The molecule has 1 saturated carbocycles. The van der Waals surface area contributed by atoms with Crippen molar-refractivity contribution in [3.63, 3.8) is 0 Å². The molecule has 2 aliphatic rings. The molecular formula is C22H28F2N2O3. The number of carbonyl (C=O) groups excluding carboxylic acids is 1. The molecule has 1 aromatic carbocycles. The molecule has 7 heteroatoms. The number of amides is 1. The number of hydrogen-bond donors (Lipinski definition) is 2. The van der Waals surface area contributed by atoms with Crippen molar-refractivity contribution < 1.29 is 23.5 Å². The van der Waals surface area contributed by atoms with E-state index in [1.807, 2.05) is 0 Å². The molecule has 1 aliphatic carbocycles. The van der Waals surface area contributed by atoms with Gasteiger partial charge in [0.15, 0.2) is 0 Å². The highest BCUT2D eigenvalue weighted by Gasteiger charge is 2.33. The van der Waals surface area contributed by atoms with Gasteiger partial charge in [0.25, 0.3) is 0 Å². The average molecular weight is 406 g/mol. The molecule has 158 valence electrons. The summed E-state index contributed by atoms with van der Waals surface area (Å²) in [5.41, 5.74) is 0.286. The molecule has 1 amide bonds. The monoisotopic (exact) mass is 406 g/mol. The van der Waals surface area contributed by atoms with Crippen molar-refractivity contribution in [1.29, 1.82) is 0 Å². The van der Waals surface area contributed by atoms with Crippen LogP contribution in [0.3, 0.4) is 0 Å². The average Bonchev–Trinajstić information content (AvgIpc) is 2.70. The van der Waals surface area contributed by atoms with Crippen molar-refractivity contribution in [2.45, 2.75) is 57.0 Å². The van der Waals surface area contributed by atoms with E-state index in [1.165, 1.54) is 18.6 Å². The first kappa shape index (κ1) is 21.4. The van der Waals surface area contributed by atoms with Crippen molar-refractivity contribution in [3.8, 4) is 0 Å². The van der Waals surface area contributed by atoms with E-state index in [1.54, 1.807) is 4.90 Å². The Morgan fingerprint density at radius 1 is 1.03 bits per heavy atom. The number of carboxylic acid groups (broad SMARTS) is 1. The second kappa shape index (κ2) is 9.96. The summed E-state index contributed by atoms with van der Waals surface area (Å²) in [4.78, 5) is 25.8. The number of nitrogens with one attached hydrogen (secondary N) is 1. The maximum atomic E-state index is 13.2. The zero-order valence-corrected chi connectivity index (χ0v) is 16.4. The molecule has 0 spiro atoms. The smallest absolute Gasteiger partial charge is 0.320 e. The molecule has 0 bridgehead atoms. The number of carbonyl (C=O) groups is 2. The zero-order valence-electron chi connectivity index (χ0n) is 16.4. The minimum Gasteiger partial charge on any atom is -0.480 e. The molecule has 2 N–H and O–H groups in total. The Hall–Kier alpha value is -2.28. The van der Waals surface area contributed by atoms with Gasteiger partial charge in [0.2, 0.25) is 5.91 Å². The van der Waals surface area contributed by atoms with Crippen LogP contribution in [0.2, 0.25) is 0 Å². The van der Waals surface area contributed by atoms with Gasteiger partial charge in [-0.25, -0.2) is 8.78 Å². The number of hydrogen-bond acceptors (Lipinski definition) is 3. The highest BCUT2D eigenvalue weighted by Crippen LogP contribution is 2.24. The summed E-state index contributed by atoms with van der Waals surface area (Å²) in [7, 11) is 0. The minimum absolute atomic E-state index is 0.0141. The third kappa shape index (κ3) is 6.10. The van der Waals surface area contributed by atoms with Gasteiger partial charge >= 0.3 is 5.97 Å². The third-order valence-electron chi connectivity index (χ3n) is 5.91. The lowest BCUT2D eigenvalue weighted by atomic mass is 9.87. The Morgan fingerprint density at radius 2 is 1.66 bits per heavy atom. The van der Waals surface area contributed by atoms with Gasteiger partial charge < -0.3 is 15.3 Å². The van der Waals surface area contributed by atoms with E-state index >= 15 is 0 Å². The Labute approximate surface area is 169 Å². The van der Waals surface area contributed by atoms with Gasteiger partial charge in [-0.3, -0.25) is 9.59 Å². The van der Waals surface area contributed by atoms with Gasteiger partial charge in [0.05, 0.1) is 0 Å². The SMILES string of the molecule is O=C(O)C(NC1CCCCC1)C1CCN(C(=O)/C=C/c2cc(F)cc(F)c2)CC1. The second-order valence-corrected chi connectivity index (χ2v) is 8.02. The number of carboxylic acids is 1. The normalized spacial score (nSPS) is 20.1. The van der Waals surface area contributed by atoms with Crippen LogP contribution in [-0.2, 0) is 9.59 Å². The van der Waals surface area contributed by atoms with Crippen molar-refractivity contribution >= 4 is 18.0 Å². The number of piperidine rings is 1. The van der Waals surface area contributed by atoms with Crippen molar-refractivity contribution in [2.24, 2.45) is 5.92 Å². The summed E-state index contributed by atoms with van der Waals surface area (Å²) in [6, 6.07) is 2.78. The van der Waals surface area contributed by atoms with Crippen LogP contribution in [0, 0.1) is 17.6 Å². The largest absolute Gasteiger partial charge is 0.480 e. The molecule has 3 rings (SSSR count). The lowest BCUT2D eigenvalue weighted by Gasteiger charge is -2.36. The minimum atomic E-state index is -0.826. The Balaban J connectivity index is 1.53. The van der Waals surface area contributed by atoms with Gasteiger partial charge in [0.1, 0.15) is 17.7 Å². The predicted octanol–water partition coefficient (Wildman–Crippen LogP) is 3.59. The highest BCUT2D eigenvalue weighted by atomic mass is 19.1. The van der Waals surface area contributed by atoms with Crippen LogP contribution in [-0.4, -0.2) is 47.1 Å². The van der Waals surface area contributed by atoms with E-state index in [0.717, 1.165) is 43.9 Å². The summed E-state index contributed by atoms with van der Waals surface area (Å²) < 4.78 is 26.5. The third-order valence-corrected chi connectivity index (χ3v) is 5.91. The van der Waals surface area contributed by atoms with Gasteiger partial charge in [-0.1, -0.05) is 19.3 Å². The fourth-order valence-corrected chi connectivity index (χ4v) is 4.33. The van der Waals surface area contributed by atoms with Gasteiger partial charge in [-0.15, -0.1) is 0 Å². The Bertz CT molecular complexity index is 734. The molecule has 1 aliphatic heterocycles. The van der Waals surface area contributed by atoms with E-state index in [4.69, 9.17) is 0 Å². The zero-order chi connectivity index (χ0) is 20.8. The Kier molecular flexibility index (Phi) is 7.36. The van der Waals surface area contributed by atoms with Crippen molar-refractivity contribution in [2.75, 3.05) is 13.1 Å². The lowest BCUT2D eigenvalue weighted by Crippen LogP contribution is -2.51. The first-order chi connectivity index (χ1) is 13.9. The van der Waals surface area contributed by atoms with Gasteiger partial charge in [-0.2, -0.15) is 0 Å². The van der Waals surface area contributed by atoms with E-state index in [2.05, 4.69) is 5.32 Å². The summed E-state index contributed by atoms with van der Waals surface area (Å²) in [5, 5.41) is 13.0. The molecular weight excluding hydrogens is 378 g/mol. The summed E-state index contributed by atoms with van der Waals surface area (Å²) in [5.74, 6) is -2.46. The quantitative estimate of drug-likeness (QED) is 0.709. The highest BCUT2D eigenvalue weighted by molar-refractivity contribution is 5.91. The fraction of sp³-hybridized carbons (Fsp3) is 0.545. The van der Waals surface area contributed by atoms with Crippen LogP contribution in [0.15, 0.2) is 24.3 Å². The van der Waals surface area contributed by atoms with Crippen LogP contribution < -0.4 is 5.32 Å². The van der Waals surface area contributed by atoms with Gasteiger partial charge in [-0.05, 0) is 55.4 Å². The number of aliphatic carboxylic acids is 1. The summed E-state index contributed by atoms with van der Waals surface area (Å²) >= 11 is 0. The van der Waals surface area contributed by atoms with Crippen LogP contribution in [0.1, 0.15) is 50.5 Å². The fourth-order valence-electron chi connectivity index (χ4n) is 4.33. The molecule has 1 aromatic rings. The molecule has 0 radical (unpaired) electrons. The van der Waals surface area contributed by atoms with Crippen LogP contribution in [0.5, 0.6) is 0 Å². The number of rotatable bonds is 6. The van der Waals surface area contributed by atoms with Crippen LogP contribution in [0.4, 0.5) is 8.78 Å². The van der Waals surface area contributed by atoms with E-state index in [0.29, 0.717) is 25.9 Å². The van der Waals surface area contributed by atoms with E-state index in [-0.39, 0.29) is 23.4 Å². The van der Waals surface area contributed by atoms with Crippen LogP contribution in [0.25, 0.3) is 6.08 Å². The number of likely N-dealkylation sites (tertiary alicyclic amines) is 1. The maximum Gasteiger partial charge on any atom is 0.320 e. The topological polar surface area (TPSA) is 69.6 Å². The standard InChI is InChI=1S/C22H28F2N2O3/c23-17-12-15(13-18(24)14-17)6-7-20(27)26-10-8-16(9-11-26)21(22(28)29)25-19-4-2-1-3-5-19/h6-7,12-14,16,19,21,25H,1-5,8-11H2,(H,28,29)/b7-6+. The molecule has 0 aromatic heterocycles. The lowest BCUT2D eigenvalue weighted by molar-refractivity contribution is -0.142. The summed E-state index contributed by atoms with van der Waals surface area (Å²) in [6.07, 6.45) is 9.47. The van der Waals surface area contributed by atoms with Crippen LogP contribution >= 0.6 is 0 Å². The number of nitrogens with zero attached hydrogens (tertiary/aromatic N) is 1. The van der Waals surface area contributed by atoms with Crippen molar-refractivity contribution in [1.82, 2.24) is 10.2 Å². The molecule has 1 saturated heterocycles. The first-order valence-electron chi connectivity index (χ1n) is 10.3. The molecule has 1 unspecified atom stereocenters. The maximum absolute atomic E-state index is 13.2. The molecule has 2 fully saturated rings. The predicted molar refractivity (Wildman–Crippen MR) is 106 cm³/mol. The molecule has 1 atom stereocenters. The van der Waals surface area contributed by atoms with Crippen molar-refractivity contribution in [3.05, 3.63) is 41.5 Å². The van der Waals surface area contributed by atoms with E-state index in [9.17, 15) is 23.5 Å². The molecule has 1 heterocycles. The number of benzene rings is 1. The molecule has 29 heavy (non-hydrogen) atoms. The Morgan fingerprint density at radius 3 is 2.24 bits per heavy atom. The first-order valence-corrected chi connectivity index (χ1v) is 10.3. The summed E-state index contributed by atoms with van der Waals surface area (Å²) in [6.45, 7) is 0.947. The number of halogens is 2.